The summed E-state index contributed by atoms with van der Waals surface area (Å²) in [5, 5.41) is 6.45. The van der Waals surface area contributed by atoms with Crippen LogP contribution in [0.1, 0.15) is 15.9 Å². The average Bonchev–Trinajstić information content (AvgIpc) is 2.72. The Labute approximate surface area is 178 Å². The smallest absolute Gasteiger partial charge is 0.275 e. The lowest BCUT2D eigenvalue weighted by molar-refractivity contribution is 0.0952. The number of nitrogens with zero attached hydrogens (tertiary/aromatic N) is 1. The Morgan fingerprint density at radius 2 is 1.83 bits per heavy atom. The molecule has 0 saturated carbocycles. The fourth-order valence-corrected chi connectivity index (χ4v) is 3.31. The van der Waals surface area contributed by atoms with E-state index in [1.54, 1.807) is 18.2 Å². The molecule has 3 aromatic rings. The molecule has 29 heavy (non-hydrogen) atoms. The number of amides is 1. The van der Waals surface area contributed by atoms with Crippen LogP contribution >= 0.6 is 23.2 Å². The molecule has 7 heteroatoms. The molecule has 0 unspecified atom stereocenters. The van der Waals surface area contributed by atoms with E-state index in [1.807, 2.05) is 30.3 Å². The van der Waals surface area contributed by atoms with E-state index in [0.29, 0.717) is 22.6 Å². The van der Waals surface area contributed by atoms with Crippen LogP contribution in [0.25, 0.3) is 10.8 Å². The van der Waals surface area contributed by atoms with Gasteiger partial charge in [0.15, 0.2) is 5.75 Å². The molecule has 0 saturated heterocycles. The van der Waals surface area contributed by atoms with E-state index >= 15 is 0 Å². The average molecular weight is 427 g/mol. The van der Waals surface area contributed by atoms with E-state index in [1.165, 1.54) is 13.3 Å². The number of carbonyl (C=O) groups is 1. The maximum Gasteiger partial charge on any atom is 0.275 e. The number of hydrogen-bond donors (Lipinski definition) is 1. The van der Waals surface area contributed by atoms with Crippen LogP contribution in [0.2, 0.25) is 10.0 Å². The van der Waals surface area contributed by atoms with Crippen LogP contribution in [0.5, 0.6) is 11.5 Å². The van der Waals surface area contributed by atoms with E-state index in [-0.39, 0.29) is 16.7 Å². The summed E-state index contributed by atoms with van der Waals surface area (Å²) in [6.07, 6.45) is 6.59. The highest BCUT2D eigenvalue weighted by atomic mass is 35.5. The molecule has 0 spiro atoms. The van der Waals surface area contributed by atoms with Gasteiger partial charge >= 0.3 is 0 Å². The van der Waals surface area contributed by atoms with Crippen LogP contribution < -0.4 is 14.9 Å². The van der Waals surface area contributed by atoms with Gasteiger partial charge in [-0.15, -0.1) is 6.42 Å². The van der Waals surface area contributed by atoms with E-state index in [4.69, 9.17) is 39.1 Å². The van der Waals surface area contributed by atoms with Gasteiger partial charge in [0.2, 0.25) is 0 Å². The highest BCUT2D eigenvalue weighted by Crippen LogP contribution is 2.33. The number of fused-ring (bicyclic) bond motifs is 1. The number of hydrogen-bond acceptors (Lipinski definition) is 4. The van der Waals surface area contributed by atoms with Gasteiger partial charge in [-0.25, -0.2) is 5.43 Å². The fraction of sp³-hybridized carbons (Fsp3) is 0.0909. The van der Waals surface area contributed by atoms with Crippen LogP contribution in [0.15, 0.2) is 53.6 Å². The molecular formula is C22H16Cl2N2O3. The fourth-order valence-electron chi connectivity index (χ4n) is 2.70. The predicted molar refractivity (Wildman–Crippen MR) is 116 cm³/mol. The number of carbonyl (C=O) groups excluding carboxylic acids is 1. The van der Waals surface area contributed by atoms with Crippen molar-refractivity contribution in [3.63, 3.8) is 0 Å². The summed E-state index contributed by atoms with van der Waals surface area (Å²) < 4.78 is 10.6. The molecule has 0 aromatic heterocycles. The lowest BCUT2D eigenvalue weighted by Crippen LogP contribution is -2.18. The van der Waals surface area contributed by atoms with Gasteiger partial charge in [-0.2, -0.15) is 5.10 Å². The normalized spacial score (nSPS) is 10.7. The third-order valence-corrected chi connectivity index (χ3v) is 4.57. The molecule has 1 amide bonds. The lowest BCUT2D eigenvalue weighted by Gasteiger charge is -2.09. The zero-order valence-corrected chi connectivity index (χ0v) is 16.9. The highest BCUT2D eigenvalue weighted by molar-refractivity contribution is 6.37. The van der Waals surface area contributed by atoms with Crippen molar-refractivity contribution >= 4 is 46.1 Å². The van der Waals surface area contributed by atoms with Crippen molar-refractivity contribution < 1.29 is 14.3 Å². The molecule has 3 rings (SSSR count). The van der Waals surface area contributed by atoms with Crippen molar-refractivity contribution in [2.45, 2.75) is 0 Å². The predicted octanol–water partition coefficient (Wildman–Crippen LogP) is 4.93. The molecule has 0 aliphatic carbocycles. The molecule has 1 N–H and O–H groups in total. The van der Waals surface area contributed by atoms with Crippen LogP contribution in [-0.4, -0.2) is 25.8 Å². The first-order chi connectivity index (χ1) is 14.0. The number of terminal acetylenes is 1. The van der Waals surface area contributed by atoms with Crippen molar-refractivity contribution in [3.05, 3.63) is 69.7 Å². The molecular weight excluding hydrogens is 411 g/mol. The van der Waals surface area contributed by atoms with Crippen LogP contribution in [0.4, 0.5) is 0 Å². The molecule has 146 valence electrons. The summed E-state index contributed by atoms with van der Waals surface area (Å²) in [6, 6.07) is 14.5. The van der Waals surface area contributed by atoms with E-state index in [9.17, 15) is 4.79 Å². The number of halogens is 2. The molecule has 0 heterocycles. The molecule has 0 bridgehead atoms. The van der Waals surface area contributed by atoms with Crippen molar-refractivity contribution in [1.29, 1.82) is 0 Å². The number of methoxy groups -OCH3 is 1. The maximum absolute atomic E-state index is 12.6. The molecule has 0 aliphatic rings. The zero-order valence-electron chi connectivity index (χ0n) is 15.4. The molecule has 0 radical (unpaired) electrons. The Balaban J connectivity index is 1.78. The Morgan fingerprint density at radius 1 is 1.17 bits per heavy atom. The SMILES string of the molecule is C#CCOc1c(Cl)cc(/C=N\NC(=O)c2cc3ccccc3cc2OC)cc1Cl. The number of nitrogens with one attached hydrogen (secondary N) is 1. The third kappa shape index (κ3) is 4.80. The maximum atomic E-state index is 12.6. The summed E-state index contributed by atoms with van der Waals surface area (Å²) >= 11 is 12.3. The van der Waals surface area contributed by atoms with Gasteiger partial charge in [-0.3, -0.25) is 4.79 Å². The van der Waals surface area contributed by atoms with Crippen LogP contribution in [0.3, 0.4) is 0 Å². The molecule has 3 aromatic carbocycles. The van der Waals surface area contributed by atoms with Crippen LogP contribution in [0, 0.1) is 12.3 Å². The third-order valence-electron chi connectivity index (χ3n) is 4.01. The van der Waals surface area contributed by atoms with Gasteiger partial charge in [0.25, 0.3) is 5.91 Å². The number of ether oxygens (including phenoxy) is 2. The van der Waals surface area contributed by atoms with Crippen molar-refractivity contribution in [3.8, 4) is 23.8 Å². The van der Waals surface area contributed by atoms with Gasteiger partial charge in [0, 0.05) is 0 Å². The summed E-state index contributed by atoms with van der Waals surface area (Å²) in [4.78, 5) is 12.6. The van der Waals surface area contributed by atoms with Gasteiger partial charge in [0.05, 0.1) is 28.9 Å². The monoisotopic (exact) mass is 426 g/mol. The summed E-state index contributed by atoms with van der Waals surface area (Å²) in [6.45, 7) is 0.0521. The minimum absolute atomic E-state index is 0.0521. The van der Waals surface area contributed by atoms with E-state index < -0.39 is 5.91 Å². The Kier molecular flexibility index (Phi) is 6.61. The topological polar surface area (TPSA) is 59.9 Å². The second-order valence-electron chi connectivity index (χ2n) is 5.91. The first kappa shape index (κ1) is 20.5. The quantitative estimate of drug-likeness (QED) is 0.345. The number of hydrazone groups is 1. The molecule has 0 aliphatic heterocycles. The number of rotatable bonds is 6. The second kappa shape index (κ2) is 9.33. The first-order valence-electron chi connectivity index (χ1n) is 8.49. The van der Waals surface area contributed by atoms with Crippen LogP contribution in [-0.2, 0) is 0 Å². The summed E-state index contributed by atoms with van der Waals surface area (Å²) in [5.74, 6) is 2.69. The first-order valence-corrected chi connectivity index (χ1v) is 9.24. The zero-order chi connectivity index (χ0) is 20.8. The molecule has 5 nitrogen and oxygen atoms in total. The van der Waals surface area contributed by atoms with Gasteiger partial charge in [-0.1, -0.05) is 53.4 Å². The van der Waals surface area contributed by atoms with Crippen molar-refractivity contribution in [1.82, 2.24) is 5.43 Å². The van der Waals surface area contributed by atoms with Gasteiger partial charge in [-0.05, 0) is 40.6 Å². The number of benzene rings is 3. The second-order valence-corrected chi connectivity index (χ2v) is 6.72. The lowest BCUT2D eigenvalue weighted by atomic mass is 10.1. The molecule has 0 atom stereocenters. The highest BCUT2D eigenvalue weighted by Gasteiger charge is 2.13. The molecule has 0 fully saturated rings. The van der Waals surface area contributed by atoms with Gasteiger partial charge < -0.3 is 9.47 Å². The minimum Gasteiger partial charge on any atom is -0.496 e. The summed E-state index contributed by atoms with van der Waals surface area (Å²) in [7, 11) is 1.51. The van der Waals surface area contributed by atoms with Gasteiger partial charge in [0.1, 0.15) is 12.4 Å². The minimum atomic E-state index is -0.407. The van der Waals surface area contributed by atoms with Crippen molar-refractivity contribution in [2.75, 3.05) is 13.7 Å². The Hall–Kier alpha value is -3.20. The van der Waals surface area contributed by atoms with Crippen molar-refractivity contribution in [2.24, 2.45) is 5.10 Å². The Bertz CT molecular complexity index is 1110. The Morgan fingerprint density at radius 3 is 2.45 bits per heavy atom. The largest absolute Gasteiger partial charge is 0.496 e. The summed E-state index contributed by atoms with van der Waals surface area (Å²) in [5.41, 5.74) is 3.44. The van der Waals surface area contributed by atoms with E-state index in [0.717, 1.165) is 10.8 Å². The standard InChI is InChI=1S/C22H16Cl2N2O3/c1-3-8-29-21-18(23)9-14(10-19(21)24)13-25-26-22(27)17-11-15-6-4-5-7-16(15)12-20(17)28-2/h1,4-7,9-13H,8H2,2H3,(H,26,27)/b25-13-. The van der Waals surface area contributed by atoms with E-state index in [2.05, 4.69) is 16.4 Å².